The van der Waals surface area contributed by atoms with Crippen LogP contribution < -0.4 is 5.32 Å². The molecule has 3 unspecified atom stereocenters. The van der Waals surface area contributed by atoms with Crippen LogP contribution in [0.15, 0.2) is 18.3 Å². The number of hydrogen-bond donors (Lipinski definition) is 1. The van der Waals surface area contributed by atoms with E-state index in [1.54, 1.807) is 0 Å². The lowest BCUT2D eigenvalue weighted by Gasteiger charge is -2.43. The molecule has 2 aliphatic rings. The molecule has 3 atom stereocenters. The Kier molecular flexibility index (Phi) is 3.64. The Morgan fingerprint density at radius 1 is 1.33 bits per heavy atom. The summed E-state index contributed by atoms with van der Waals surface area (Å²) in [6.07, 6.45) is 8.76. The minimum atomic E-state index is 0.743. The van der Waals surface area contributed by atoms with E-state index in [0.717, 1.165) is 24.3 Å². The summed E-state index contributed by atoms with van der Waals surface area (Å²) in [5.74, 6) is 2.52. The number of pyridine rings is 1. The Morgan fingerprint density at radius 3 is 3.06 bits per heavy atom. The van der Waals surface area contributed by atoms with E-state index < -0.39 is 0 Å². The first kappa shape index (κ1) is 12.2. The summed E-state index contributed by atoms with van der Waals surface area (Å²) in [7, 11) is 0. The Labute approximate surface area is 110 Å². The van der Waals surface area contributed by atoms with Gasteiger partial charge in [0.05, 0.1) is 0 Å². The minimum absolute atomic E-state index is 0.743. The fraction of sp³-hybridized carbons (Fsp3) is 0.688. The molecule has 0 saturated heterocycles. The second-order valence-corrected chi connectivity index (χ2v) is 5.86. The van der Waals surface area contributed by atoms with E-state index in [-0.39, 0.29) is 0 Å². The second-order valence-electron chi connectivity index (χ2n) is 5.86. The van der Waals surface area contributed by atoms with Crippen molar-refractivity contribution in [3.63, 3.8) is 0 Å². The molecule has 2 aliphatic carbocycles. The number of hydrogen-bond acceptors (Lipinski definition) is 2. The highest BCUT2D eigenvalue weighted by Gasteiger charge is 2.39. The Bertz CT molecular complexity index is 402. The van der Waals surface area contributed by atoms with Gasteiger partial charge in [0.1, 0.15) is 0 Å². The van der Waals surface area contributed by atoms with Crippen molar-refractivity contribution >= 4 is 0 Å². The highest BCUT2D eigenvalue weighted by atomic mass is 14.9. The molecule has 2 nitrogen and oxygen atoms in total. The van der Waals surface area contributed by atoms with Gasteiger partial charge in [-0.1, -0.05) is 13.0 Å². The Morgan fingerprint density at radius 2 is 2.28 bits per heavy atom. The highest BCUT2D eigenvalue weighted by Crippen LogP contribution is 2.47. The summed E-state index contributed by atoms with van der Waals surface area (Å²) in [5.41, 5.74) is 2.94. The van der Waals surface area contributed by atoms with Gasteiger partial charge in [-0.25, -0.2) is 0 Å². The summed E-state index contributed by atoms with van der Waals surface area (Å²) in [5, 5.41) is 3.52. The van der Waals surface area contributed by atoms with Crippen LogP contribution in [-0.2, 0) is 6.42 Å². The van der Waals surface area contributed by atoms with Crippen molar-refractivity contribution in [2.24, 2.45) is 11.8 Å². The van der Waals surface area contributed by atoms with Crippen LogP contribution in [0.1, 0.15) is 49.8 Å². The number of aryl methyl sites for hydroxylation is 1. The third-order valence-electron chi connectivity index (χ3n) is 4.89. The van der Waals surface area contributed by atoms with Crippen molar-refractivity contribution in [2.45, 2.75) is 44.9 Å². The van der Waals surface area contributed by atoms with Crippen LogP contribution in [0.2, 0.25) is 0 Å². The first-order chi connectivity index (χ1) is 8.90. The molecule has 1 aromatic heterocycles. The molecule has 0 spiro atoms. The van der Waals surface area contributed by atoms with Gasteiger partial charge in [-0.15, -0.1) is 0 Å². The molecule has 0 amide bonds. The second kappa shape index (κ2) is 5.40. The zero-order valence-electron chi connectivity index (χ0n) is 11.4. The topological polar surface area (TPSA) is 24.9 Å². The van der Waals surface area contributed by atoms with Gasteiger partial charge in [0.15, 0.2) is 0 Å². The molecular weight excluding hydrogens is 220 g/mol. The Hall–Kier alpha value is -0.890. The SMILES string of the molecule is CCNCC1CCC1C1CCCc2cccnc21. The molecule has 3 rings (SSSR count). The van der Waals surface area contributed by atoms with Gasteiger partial charge in [0.25, 0.3) is 0 Å². The quantitative estimate of drug-likeness (QED) is 0.880. The van der Waals surface area contributed by atoms with Gasteiger partial charge in [-0.3, -0.25) is 4.98 Å². The summed E-state index contributed by atoms with van der Waals surface area (Å²) in [4.78, 5) is 4.70. The van der Waals surface area contributed by atoms with E-state index >= 15 is 0 Å². The maximum atomic E-state index is 4.70. The van der Waals surface area contributed by atoms with Crippen LogP contribution in [0.5, 0.6) is 0 Å². The fourth-order valence-electron chi connectivity index (χ4n) is 3.77. The van der Waals surface area contributed by atoms with E-state index in [4.69, 9.17) is 4.98 Å². The van der Waals surface area contributed by atoms with Crippen LogP contribution in [0.4, 0.5) is 0 Å². The number of nitrogens with zero attached hydrogens (tertiary/aromatic N) is 1. The number of aromatic nitrogens is 1. The molecule has 2 heteroatoms. The van der Waals surface area contributed by atoms with Gasteiger partial charge in [-0.05, 0) is 68.7 Å². The van der Waals surface area contributed by atoms with Gasteiger partial charge in [0.2, 0.25) is 0 Å². The van der Waals surface area contributed by atoms with E-state index in [1.165, 1.54) is 49.9 Å². The van der Waals surface area contributed by atoms with Crippen LogP contribution >= 0.6 is 0 Å². The molecule has 0 radical (unpaired) electrons. The predicted octanol–water partition coefficient (Wildman–Crippen LogP) is 3.14. The summed E-state index contributed by atoms with van der Waals surface area (Å²) >= 11 is 0. The normalized spacial score (nSPS) is 30.6. The molecule has 0 aromatic carbocycles. The zero-order valence-corrected chi connectivity index (χ0v) is 11.4. The Balaban J connectivity index is 1.74. The van der Waals surface area contributed by atoms with Crippen molar-refractivity contribution in [1.82, 2.24) is 10.3 Å². The van der Waals surface area contributed by atoms with Crippen molar-refractivity contribution < 1.29 is 0 Å². The average molecular weight is 244 g/mol. The van der Waals surface area contributed by atoms with Crippen LogP contribution in [0.3, 0.4) is 0 Å². The largest absolute Gasteiger partial charge is 0.317 e. The number of rotatable bonds is 4. The summed E-state index contributed by atoms with van der Waals surface area (Å²) in [6, 6.07) is 4.38. The third-order valence-corrected chi connectivity index (χ3v) is 4.89. The van der Waals surface area contributed by atoms with Gasteiger partial charge in [0, 0.05) is 17.8 Å². The fourth-order valence-corrected chi connectivity index (χ4v) is 3.77. The highest BCUT2D eigenvalue weighted by molar-refractivity contribution is 5.27. The van der Waals surface area contributed by atoms with Crippen LogP contribution in [0, 0.1) is 11.8 Å². The molecule has 1 fully saturated rings. The lowest BCUT2D eigenvalue weighted by Crippen LogP contribution is -2.39. The molecule has 0 aliphatic heterocycles. The molecule has 18 heavy (non-hydrogen) atoms. The molecule has 1 heterocycles. The number of nitrogens with one attached hydrogen (secondary N) is 1. The molecule has 1 N–H and O–H groups in total. The monoisotopic (exact) mass is 244 g/mol. The standard InChI is InChI=1S/C16H24N2/c1-2-17-11-13-8-9-14(13)15-7-3-5-12-6-4-10-18-16(12)15/h4,6,10,13-15,17H,2-3,5,7-9,11H2,1H3. The van der Waals surface area contributed by atoms with Crippen LogP contribution in [0.25, 0.3) is 0 Å². The van der Waals surface area contributed by atoms with E-state index in [0.29, 0.717) is 0 Å². The van der Waals surface area contributed by atoms with E-state index in [9.17, 15) is 0 Å². The molecule has 0 bridgehead atoms. The molecule has 98 valence electrons. The number of fused-ring (bicyclic) bond motifs is 1. The maximum absolute atomic E-state index is 4.70. The average Bonchev–Trinajstić information content (AvgIpc) is 2.38. The maximum Gasteiger partial charge on any atom is 0.0469 e. The molecule has 1 saturated carbocycles. The summed E-state index contributed by atoms with van der Waals surface area (Å²) in [6.45, 7) is 4.51. The lowest BCUT2D eigenvalue weighted by atomic mass is 9.63. The van der Waals surface area contributed by atoms with E-state index in [1.807, 2.05) is 6.20 Å². The van der Waals surface area contributed by atoms with Gasteiger partial charge >= 0.3 is 0 Å². The van der Waals surface area contributed by atoms with Gasteiger partial charge in [-0.2, -0.15) is 0 Å². The minimum Gasteiger partial charge on any atom is -0.317 e. The zero-order chi connectivity index (χ0) is 12.4. The van der Waals surface area contributed by atoms with Crippen molar-refractivity contribution in [3.8, 4) is 0 Å². The summed E-state index contributed by atoms with van der Waals surface area (Å²) < 4.78 is 0. The first-order valence-corrected chi connectivity index (χ1v) is 7.54. The van der Waals surface area contributed by atoms with Gasteiger partial charge < -0.3 is 5.32 Å². The van der Waals surface area contributed by atoms with E-state index in [2.05, 4.69) is 24.4 Å². The molecular formula is C16H24N2. The first-order valence-electron chi connectivity index (χ1n) is 7.54. The van der Waals surface area contributed by atoms with Crippen molar-refractivity contribution in [1.29, 1.82) is 0 Å². The third kappa shape index (κ3) is 2.18. The lowest BCUT2D eigenvalue weighted by molar-refractivity contribution is 0.128. The predicted molar refractivity (Wildman–Crippen MR) is 74.7 cm³/mol. The van der Waals surface area contributed by atoms with Crippen LogP contribution in [-0.4, -0.2) is 18.1 Å². The smallest absolute Gasteiger partial charge is 0.0469 e. The van der Waals surface area contributed by atoms with Crippen molar-refractivity contribution in [2.75, 3.05) is 13.1 Å². The molecule has 1 aromatic rings. The van der Waals surface area contributed by atoms with Crippen molar-refractivity contribution in [3.05, 3.63) is 29.6 Å².